The number of hydrogen-bond donors (Lipinski definition) is 1. The Morgan fingerprint density at radius 2 is 1.70 bits per heavy atom. The summed E-state index contributed by atoms with van der Waals surface area (Å²) in [6.07, 6.45) is 2.55. The van der Waals surface area contributed by atoms with Gasteiger partial charge in [-0.3, -0.25) is 13.9 Å². The molecule has 1 aliphatic rings. The van der Waals surface area contributed by atoms with Crippen molar-refractivity contribution in [3.8, 4) is 0 Å². The molecule has 8 heteroatoms. The molecule has 1 fully saturated rings. The maximum atomic E-state index is 12.8. The summed E-state index contributed by atoms with van der Waals surface area (Å²) in [6, 6.07) is 20.5. The van der Waals surface area contributed by atoms with E-state index < -0.39 is 15.9 Å². The van der Waals surface area contributed by atoms with E-state index in [0.29, 0.717) is 18.7 Å². The first-order valence-corrected chi connectivity index (χ1v) is 12.7. The van der Waals surface area contributed by atoms with Gasteiger partial charge in [0.15, 0.2) is 0 Å². The van der Waals surface area contributed by atoms with Gasteiger partial charge < -0.3 is 10.2 Å². The van der Waals surface area contributed by atoms with Gasteiger partial charge in [0.1, 0.15) is 6.54 Å². The summed E-state index contributed by atoms with van der Waals surface area (Å²) >= 11 is 0. The Morgan fingerprint density at radius 3 is 2.42 bits per heavy atom. The van der Waals surface area contributed by atoms with Crippen molar-refractivity contribution < 1.29 is 18.0 Å². The van der Waals surface area contributed by atoms with Crippen LogP contribution in [0.2, 0.25) is 0 Å². The fraction of sp³-hybridized carbons (Fsp3) is 0.280. The summed E-state index contributed by atoms with van der Waals surface area (Å²) in [5, 5.41) is 4.51. The molecular weight excluding hydrogens is 438 g/mol. The van der Waals surface area contributed by atoms with Gasteiger partial charge in [-0.1, -0.05) is 60.7 Å². The molecule has 0 aliphatic carbocycles. The first-order valence-electron chi connectivity index (χ1n) is 10.9. The van der Waals surface area contributed by atoms with Gasteiger partial charge in [0.2, 0.25) is 21.8 Å². The van der Waals surface area contributed by atoms with Crippen LogP contribution >= 0.6 is 0 Å². The van der Waals surface area contributed by atoms with Crippen molar-refractivity contribution in [2.75, 3.05) is 23.7 Å². The Balaban J connectivity index is 1.49. The molecule has 1 aliphatic heterocycles. The molecule has 0 saturated carbocycles. The van der Waals surface area contributed by atoms with Crippen molar-refractivity contribution >= 4 is 38.3 Å². The molecule has 0 radical (unpaired) electrons. The van der Waals surface area contributed by atoms with E-state index in [1.165, 1.54) is 0 Å². The predicted octanol–water partition coefficient (Wildman–Crippen LogP) is 3.04. The molecule has 0 aromatic heterocycles. The number of nitrogens with zero attached hydrogens (tertiary/aromatic N) is 2. The normalized spacial score (nSPS) is 14.0. The fourth-order valence-electron chi connectivity index (χ4n) is 4.15. The van der Waals surface area contributed by atoms with Crippen LogP contribution in [-0.2, 0) is 32.7 Å². The Hall–Kier alpha value is -3.39. The molecule has 0 unspecified atom stereocenters. The number of amides is 2. The van der Waals surface area contributed by atoms with E-state index in [4.69, 9.17) is 0 Å². The summed E-state index contributed by atoms with van der Waals surface area (Å²) in [4.78, 5) is 26.6. The molecule has 1 saturated heterocycles. The van der Waals surface area contributed by atoms with Crippen LogP contribution in [0.15, 0.2) is 66.7 Å². The molecule has 3 aromatic carbocycles. The topological polar surface area (TPSA) is 86.8 Å². The lowest BCUT2D eigenvalue weighted by atomic mass is 10.1. The highest BCUT2D eigenvalue weighted by Gasteiger charge is 2.23. The summed E-state index contributed by atoms with van der Waals surface area (Å²) in [5.41, 5.74) is 2.35. The second kappa shape index (κ2) is 9.62. The molecule has 0 bridgehead atoms. The third-order valence-electron chi connectivity index (χ3n) is 5.85. The first kappa shape index (κ1) is 22.8. The van der Waals surface area contributed by atoms with Crippen molar-refractivity contribution in [1.29, 1.82) is 0 Å². The van der Waals surface area contributed by atoms with Gasteiger partial charge in [-0.05, 0) is 29.0 Å². The summed E-state index contributed by atoms with van der Waals surface area (Å²) < 4.78 is 26.3. The van der Waals surface area contributed by atoms with Gasteiger partial charge in [0.25, 0.3) is 0 Å². The molecule has 7 nitrogen and oxygen atoms in total. The van der Waals surface area contributed by atoms with E-state index in [-0.39, 0.29) is 19.0 Å². The zero-order valence-corrected chi connectivity index (χ0v) is 19.3. The maximum absolute atomic E-state index is 12.8. The van der Waals surface area contributed by atoms with Gasteiger partial charge >= 0.3 is 0 Å². The van der Waals surface area contributed by atoms with Crippen LogP contribution < -0.4 is 9.62 Å². The van der Waals surface area contributed by atoms with E-state index in [1.54, 1.807) is 12.1 Å². The number of sulfonamides is 1. The standard InChI is InChI=1S/C25H27N3O4S/c1-33(31,32)28(23-13-6-11-19-8-4-5-12-22(19)23)18-24(29)26-16-20-9-2-3-10-21(20)17-27-15-7-14-25(27)30/h2-6,8-13H,7,14-18H2,1H3,(H,26,29). The van der Waals surface area contributed by atoms with Crippen LogP contribution in [0.5, 0.6) is 0 Å². The van der Waals surface area contributed by atoms with Crippen LogP contribution in [0.25, 0.3) is 10.8 Å². The minimum absolute atomic E-state index is 0.146. The van der Waals surface area contributed by atoms with Crippen molar-refractivity contribution in [2.45, 2.75) is 25.9 Å². The molecule has 33 heavy (non-hydrogen) atoms. The van der Waals surface area contributed by atoms with Gasteiger partial charge in [0.05, 0.1) is 11.9 Å². The smallest absolute Gasteiger partial charge is 0.241 e. The highest BCUT2D eigenvalue weighted by atomic mass is 32.2. The van der Waals surface area contributed by atoms with Gasteiger partial charge in [0, 0.05) is 31.4 Å². The first-order chi connectivity index (χ1) is 15.8. The lowest BCUT2D eigenvalue weighted by Crippen LogP contribution is -2.40. The van der Waals surface area contributed by atoms with Crippen molar-refractivity contribution in [1.82, 2.24) is 10.2 Å². The van der Waals surface area contributed by atoms with Crippen LogP contribution in [0.4, 0.5) is 5.69 Å². The number of benzene rings is 3. The van der Waals surface area contributed by atoms with Crippen LogP contribution in [-0.4, -0.2) is 44.5 Å². The number of fused-ring (bicyclic) bond motifs is 1. The third-order valence-corrected chi connectivity index (χ3v) is 6.98. The van der Waals surface area contributed by atoms with E-state index >= 15 is 0 Å². The Kier molecular flexibility index (Phi) is 6.65. The second-order valence-electron chi connectivity index (χ2n) is 8.23. The Morgan fingerprint density at radius 1 is 1.00 bits per heavy atom. The second-order valence-corrected chi connectivity index (χ2v) is 10.1. The van der Waals surface area contributed by atoms with Crippen LogP contribution in [0.3, 0.4) is 0 Å². The lowest BCUT2D eigenvalue weighted by molar-refractivity contribution is -0.128. The van der Waals surface area contributed by atoms with Crippen molar-refractivity contribution in [3.63, 3.8) is 0 Å². The molecule has 3 aromatic rings. The summed E-state index contributed by atoms with van der Waals surface area (Å²) in [6.45, 7) is 1.19. The molecule has 2 amide bonds. The third kappa shape index (κ3) is 5.34. The molecule has 172 valence electrons. The maximum Gasteiger partial charge on any atom is 0.241 e. The molecule has 1 N–H and O–H groups in total. The highest BCUT2D eigenvalue weighted by molar-refractivity contribution is 7.92. The zero-order chi connectivity index (χ0) is 23.4. The minimum Gasteiger partial charge on any atom is -0.350 e. The molecule has 1 heterocycles. The number of carbonyl (C=O) groups excluding carboxylic acids is 2. The number of anilines is 1. The highest BCUT2D eigenvalue weighted by Crippen LogP contribution is 2.28. The van der Waals surface area contributed by atoms with E-state index in [1.807, 2.05) is 59.5 Å². The van der Waals surface area contributed by atoms with E-state index in [0.717, 1.165) is 45.4 Å². The van der Waals surface area contributed by atoms with Crippen LogP contribution in [0.1, 0.15) is 24.0 Å². The van der Waals surface area contributed by atoms with Gasteiger partial charge in [-0.25, -0.2) is 8.42 Å². The number of rotatable bonds is 8. The average molecular weight is 466 g/mol. The molecule has 4 rings (SSSR count). The molecule has 0 atom stereocenters. The molecular formula is C25H27N3O4S. The Labute approximate surface area is 194 Å². The zero-order valence-electron chi connectivity index (χ0n) is 18.5. The number of nitrogens with one attached hydrogen (secondary N) is 1. The van der Waals surface area contributed by atoms with Crippen molar-refractivity contribution in [3.05, 3.63) is 77.9 Å². The van der Waals surface area contributed by atoms with E-state index in [9.17, 15) is 18.0 Å². The van der Waals surface area contributed by atoms with Crippen LogP contribution in [0, 0.1) is 0 Å². The number of likely N-dealkylation sites (tertiary alicyclic amines) is 1. The average Bonchev–Trinajstić information content (AvgIpc) is 3.20. The monoisotopic (exact) mass is 465 g/mol. The largest absolute Gasteiger partial charge is 0.350 e. The van der Waals surface area contributed by atoms with Gasteiger partial charge in [-0.15, -0.1) is 0 Å². The number of hydrogen-bond acceptors (Lipinski definition) is 4. The van der Waals surface area contributed by atoms with Gasteiger partial charge in [-0.2, -0.15) is 0 Å². The summed E-state index contributed by atoms with van der Waals surface area (Å²) in [7, 11) is -3.69. The predicted molar refractivity (Wildman–Crippen MR) is 129 cm³/mol. The van der Waals surface area contributed by atoms with Crippen molar-refractivity contribution in [2.24, 2.45) is 0 Å². The summed E-state index contributed by atoms with van der Waals surface area (Å²) in [5.74, 6) is -0.256. The quantitative estimate of drug-likeness (QED) is 0.554. The molecule has 0 spiro atoms. The lowest BCUT2D eigenvalue weighted by Gasteiger charge is -2.24. The fourth-order valence-corrected chi connectivity index (χ4v) is 5.02. The number of carbonyl (C=O) groups is 2. The minimum atomic E-state index is -3.69. The SMILES string of the molecule is CS(=O)(=O)N(CC(=O)NCc1ccccc1CN1CCCC1=O)c1cccc2ccccc12. The Bertz CT molecular complexity index is 1280. The van der Waals surface area contributed by atoms with E-state index in [2.05, 4.69) is 5.32 Å².